The lowest BCUT2D eigenvalue weighted by molar-refractivity contribution is -0.384. The number of nitro groups is 1. The van der Waals surface area contributed by atoms with Crippen molar-refractivity contribution in [3.05, 3.63) is 52.3 Å². The third-order valence-corrected chi connectivity index (χ3v) is 4.75. The second-order valence-corrected chi connectivity index (χ2v) is 6.31. The second-order valence-electron chi connectivity index (χ2n) is 6.31. The van der Waals surface area contributed by atoms with Gasteiger partial charge in [0, 0.05) is 31.4 Å². The fourth-order valence-electron chi connectivity index (χ4n) is 3.39. The summed E-state index contributed by atoms with van der Waals surface area (Å²) in [6.45, 7) is 3.17. The van der Waals surface area contributed by atoms with Crippen LogP contribution < -0.4 is 5.73 Å². The molecule has 1 fully saturated rings. The lowest BCUT2D eigenvalue weighted by Crippen LogP contribution is -2.51. The first kappa shape index (κ1) is 19.9. The molecule has 1 aromatic carbocycles. The molecule has 26 heavy (non-hydrogen) atoms. The van der Waals surface area contributed by atoms with Gasteiger partial charge in [0.15, 0.2) is 5.69 Å². The summed E-state index contributed by atoms with van der Waals surface area (Å²) in [6, 6.07) is 7.89. The van der Waals surface area contributed by atoms with Crippen molar-refractivity contribution in [2.24, 2.45) is 11.7 Å². The maximum Gasteiger partial charge on any atom is 0.294 e. The van der Waals surface area contributed by atoms with Gasteiger partial charge in [0.1, 0.15) is 5.69 Å². The van der Waals surface area contributed by atoms with Crippen LogP contribution >= 0.6 is 12.4 Å². The topological polar surface area (TPSA) is 107 Å². The summed E-state index contributed by atoms with van der Waals surface area (Å²) in [4.78, 5) is 25.3. The van der Waals surface area contributed by atoms with Gasteiger partial charge in [-0.2, -0.15) is 5.10 Å². The molecule has 1 saturated heterocycles. The first-order valence-corrected chi connectivity index (χ1v) is 8.33. The monoisotopic (exact) mass is 379 g/mol. The zero-order valence-electron chi connectivity index (χ0n) is 14.4. The van der Waals surface area contributed by atoms with Crippen LogP contribution in [0, 0.1) is 16.0 Å². The second kappa shape index (κ2) is 8.29. The van der Waals surface area contributed by atoms with Gasteiger partial charge in [0.2, 0.25) is 0 Å². The van der Waals surface area contributed by atoms with Crippen LogP contribution in [-0.4, -0.2) is 44.6 Å². The molecule has 2 atom stereocenters. The number of carbonyl (C=O) groups is 1. The summed E-state index contributed by atoms with van der Waals surface area (Å²) in [5.74, 6) is 0.166. The van der Waals surface area contributed by atoms with Crippen LogP contribution in [0.2, 0.25) is 0 Å². The fourth-order valence-corrected chi connectivity index (χ4v) is 3.39. The Kier molecular flexibility index (Phi) is 6.33. The number of hydrogen-bond acceptors (Lipinski definition) is 5. The molecule has 2 heterocycles. The number of hydrogen-bond donors (Lipinski definition) is 1. The predicted molar refractivity (Wildman–Crippen MR) is 99.7 cm³/mol. The molecule has 0 bridgehead atoms. The van der Waals surface area contributed by atoms with E-state index in [0.29, 0.717) is 24.7 Å². The summed E-state index contributed by atoms with van der Waals surface area (Å²) < 4.78 is 1.37. The fraction of sp³-hybridized carbons (Fsp3) is 0.412. The lowest BCUT2D eigenvalue weighted by Gasteiger charge is -2.39. The summed E-state index contributed by atoms with van der Waals surface area (Å²) in [7, 11) is 0. The Labute approximate surface area is 157 Å². The maximum absolute atomic E-state index is 12.8. The molecule has 3 rings (SSSR count). The van der Waals surface area contributed by atoms with Gasteiger partial charge in [-0.25, -0.2) is 4.68 Å². The van der Waals surface area contributed by atoms with Crippen molar-refractivity contribution in [1.29, 1.82) is 0 Å². The van der Waals surface area contributed by atoms with E-state index >= 15 is 0 Å². The molecule has 2 unspecified atom stereocenters. The highest BCUT2D eigenvalue weighted by atomic mass is 35.5. The number of carbonyl (C=O) groups excluding carboxylic acids is 1. The van der Waals surface area contributed by atoms with Gasteiger partial charge < -0.3 is 10.6 Å². The number of aromatic nitrogens is 2. The molecule has 140 valence electrons. The third kappa shape index (κ3) is 3.71. The van der Waals surface area contributed by atoms with Crippen molar-refractivity contribution in [1.82, 2.24) is 14.7 Å². The first-order chi connectivity index (χ1) is 12.0. The lowest BCUT2D eigenvalue weighted by atomic mass is 9.90. The van der Waals surface area contributed by atoms with E-state index in [2.05, 4.69) is 12.0 Å². The molecule has 0 saturated carbocycles. The Morgan fingerprint density at radius 2 is 2.12 bits per heavy atom. The quantitative estimate of drug-likeness (QED) is 0.648. The van der Waals surface area contributed by atoms with Gasteiger partial charge in [-0.1, -0.05) is 19.1 Å². The Morgan fingerprint density at radius 3 is 2.81 bits per heavy atom. The summed E-state index contributed by atoms with van der Waals surface area (Å²) in [6.07, 6.45) is 3.56. The van der Waals surface area contributed by atoms with Crippen LogP contribution in [0.25, 0.3) is 5.69 Å². The largest absolute Gasteiger partial charge is 0.333 e. The molecule has 1 aliphatic rings. The van der Waals surface area contributed by atoms with Crippen LogP contribution in [-0.2, 0) is 0 Å². The normalized spacial score (nSPS) is 19.7. The van der Waals surface area contributed by atoms with Crippen molar-refractivity contribution >= 4 is 24.0 Å². The number of nitrogens with zero attached hydrogens (tertiary/aromatic N) is 4. The molecular formula is C17H22ClN5O3. The highest BCUT2D eigenvalue weighted by Crippen LogP contribution is 2.25. The number of halogens is 1. The van der Waals surface area contributed by atoms with Crippen LogP contribution in [0.5, 0.6) is 0 Å². The summed E-state index contributed by atoms with van der Waals surface area (Å²) in [5, 5.41) is 15.4. The minimum atomic E-state index is -0.463. The van der Waals surface area contributed by atoms with Crippen molar-refractivity contribution in [2.45, 2.75) is 25.8 Å². The third-order valence-electron chi connectivity index (χ3n) is 4.75. The number of amides is 1. The van der Waals surface area contributed by atoms with E-state index in [1.54, 1.807) is 35.4 Å². The van der Waals surface area contributed by atoms with Crippen LogP contribution in [0.15, 0.2) is 36.5 Å². The van der Waals surface area contributed by atoms with E-state index in [0.717, 1.165) is 12.8 Å². The molecule has 9 heteroatoms. The van der Waals surface area contributed by atoms with Gasteiger partial charge >= 0.3 is 0 Å². The van der Waals surface area contributed by atoms with Crippen LogP contribution in [0.3, 0.4) is 0 Å². The van der Waals surface area contributed by atoms with E-state index in [1.807, 2.05) is 0 Å². The van der Waals surface area contributed by atoms with Crippen molar-refractivity contribution < 1.29 is 9.72 Å². The van der Waals surface area contributed by atoms with E-state index < -0.39 is 4.92 Å². The first-order valence-electron chi connectivity index (χ1n) is 8.33. The van der Waals surface area contributed by atoms with Gasteiger partial charge in [-0.3, -0.25) is 14.9 Å². The smallest absolute Gasteiger partial charge is 0.294 e. The van der Waals surface area contributed by atoms with Gasteiger partial charge in [0.05, 0.1) is 4.92 Å². The number of nitrogens with two attached hydrogens (primary N) is 1. The molecule has 0 aliphatic carbocycles. The number of para-hydroxylation sites is 2. The van der Waals surface area contributed by atoms with E-state index in [-0.39, 0.29) is 35.7 Å². The molecular weight excluding hydrogens is 358 g/mol. The molecule has 1 aromatic heterocycles. The van der Waals surface area contributed by atoms with Crippen molar-refractivity contribution in [2.75, 3.05) is 13.1 Å². The van der Waals surface area contributed by atoms with Crippen LogP contribution in [0.4, 0.5) is 5.69 Å². The minimum absolute atomic E-state index is 0. The highest BCUT2D eigenvalue weighted by molar-refractivity contribution is 5.92. The molecule has 2 aromatic rings. The molecule has 1 amide bonds. The Bertz CT molecular complexity index is 794. The number of piperidine rings is 1. The number of benzene rings is 1. The Morgan fingerprint density at radius 1 is 1.38 bits per heavy atom. The van der Waals surface area contributed by atoms with Gasteiger partial charge in [-0.05, 0) is 30.9 Å². The SMILES string of the molecule is CC1CCCN(C(=O)c2ccn(-c3ccccc3[N+](=O)[O-])n2)C1CN.Cl. The van der Waals surface area contributed by atoms with E-state index in [1.165, 1.54) is 10.7 Å². The predicted octanol–water partition coefficient (Wildman–Crippen LogP) is 2.40. The van der Waals surface area contributed by atoms with Gasteiger partial charge in [-0.15, -0.1) is 12.4 Å². The highest BCUT2D eigenvalue weighted by Gasteiger charge is 2.32. The Hall–Kier alpha value is -2.45. The standard InChI is InChI=1S/C17H21N5O3.ClH/c1-12-5-4-9-20(16(12)11-18)17(23)13-8-10-21(19-13)14-6-2-3-7-15(14)22(24)25;/h2-3,6-8,10,12,16H,4-5,9,11,18H2,1H3;1H. The van der Waals surface area contributed by atoms with Crippen molar-refractivity contribution in [3.8, 4) is 5.69 Å². The number of rotatable bonds is 4. The van der Waals surface area contributed by atoms with Crippen LogP contribution in [0.1, 0.15) is 30.3 Å². The molecule has 0 spiro atoms. The van der Waals surface area contributed by atoms with E-state index in [4.69, 9.17) is 5.73 Å². The average Bonchev–Trinajstić information content (AvgIpc) is 3.10. The average molecular weight is 380 g/mol. The van der Waals surface area contributed by atoms with E-state index in [9.17, 15) is 14.9 Å². The number of nitro benzene ring substituents is 1. The zero-order valence-corrected chi connectivity index (χ0v) is 15.3. The molecule has 1 aliphatic heterocycles. The maximum atomic E-state index is 12.8. The molecule has 2 N–H and O–H groups in total. The molecule has 8 nitrogen and oxygen atoms in total. The number of likely N-dealkylation sites (tertiary alicyclic amines) is 1. The summed E-state index contributed by atoms with van der Waals surface area (Å²) >= 11 is 0. The summed E-state index contributed by atoms with van der Waals surface area (Å²) in [5.41, 5.74) is 6.39. The van der Waals surface area contributed by atoms with Crippen molar-refractivity contribution in [3.63, 3.8) is 0 Å². The zero-order chi connectivity index (χ0) is 18.0. The van der Waals surface area contributed by atoms with Gasteiger partial charge in [0.25, 0.3) is 11.6 Å². The minimum Gasteiger partial charge on any atom is -0.333 e. The molecule has 0 radical (unpaired) electrons. The Balaban J connectivity index is 0.00000243.